The Morgan fingerprint density at radius 1 is 1.25 bits per heavy atom. The normalized spacial score (nSPS) is 21.2. The van der Waals surface area contributed by atoms with E-state index < -0.39 is 0 Å². The molecule has 1 aliphatic carbocycles. The Morgan fingerprint density at radius 2 is 2.08 bits per heavy atom. The van der Waals surface area contributed by atoms with Gasteiger partial charge in [0.2, 0.25) is 0 Å². The molecule has 7 heteroatoms. The third-order valence-electron chi connectivity index (χ3n) is 4.56. The van der Waals surface area contributed by atoms with Crippen molar-refractivity contribution in [3.63, 3.8) is 0 Å². The van der Waals surface area contributed by atoms with Gasteiger partial charge in [0.1, 0.15) is 10.7 Å². The van der Waals surface area contributed by atoms with Gasteiger partial charge in [-0.25, -0.2) is 20.3 Å². The van der Waals surface area contributed by atoms with Gasteiger partial charge in [0.25, 0.3) is 5.91 Å². The van der Waals surface area contributed by atoms with Crippen molar-refractivity contribution in [3.8, 4) is 0 Å². The van der Waals surface area contributed by atoms with E-state index in [-0.39, 0.29) is 12.2 Å². The molecule has 0 bridgehead atoms. The second kappa shape index (κ2) is 6.38. The predicted octanol–water partition coefficient (Wildman–Crippen LogP) is 3.37. The van der Waals surface area contributed by atoms with Gasteiger partial charge in [-0.1, -0.05) is 0 Å². The fourth-order valence-electron chi connectivity index (χ4n) is 3.07. The fraction of sp³-hybridized carbons (Fsp3) is 0.588. The topological polar surface area (TPSA) is 73.3 Å². The van der Waals surface area contributed by atoms with Crippen molar-refractivity contribution >= 4 is 27.5 Å². The zero-order valence-electron chi connectivity index (χ0n) is 13.9. The summed E-state index contributed by atoms with van der Waals surface area (Å²) >= 11 is 1.41. The Kier molecular flexibility index (Phi) is 4.24. The molecule has 0 aromatic carbocycles. The van der Waals surface area contributed by atoms with E-state index in [9.17, 15) is 4.79 Å². The van der Waals surface area contributed by atoms with Gasteiger partial charge in [-0.2, -0.15) is 0 Å². The van der Waals surface area contributed by atoms with Crippen molar-refractivity contribution < 1.29 is 14.4 Å². The molecule has 2 aromatic rings. The second-order valence-electron chi connectivity index (χ2n) is 6.52. The summed E-state index contributed by atoms with van der Waals surface area (Å²) in [6, 6.07) is 0. The number of nitrogens with zero attached hydrogens (tertiary/aromatic N) is 2. The Bertz CT molecular complexity index is 779. The molecule has 128 valence electrons. The van der Waals surface area contributed by atoms with Crippen LogP contribution >= 0.6 is 11.3 Å². The minimum Gasteiger partial charge on any atom is -0.350 e. The lowest BCUT2D eigenvalue weighted by molar-refractivity contribution is -0.186. The van der Waals surface area contributed by atoms with Gasteiger partial charge in [-0.05, 0) is 45.1 Å². The van der Waals surface area contributed by atoms with E-state index in [4.69, 9.17) is 9.57 Å². The van der Waals surface area contributed by atoms with E-state index in [0.29, 0.717) is 17.4 Å². The highest BCUT2D eigenvalue weighted by atomic mass is 32.1. The molecule has 1 atom stereocenters. The lowest BCUT2D eigenvalue weighted by Gasteiger charge is -2.21. The lowest BCUT2D eigenvalue weighted by Crippen LogP contribution is -2.33. The molecule has 4 rings (SSSR count). The number of carbonyl (C=O) groups excluding carboxylic acids is 1. The van der Waals surface area contributed by atoms with Crippen LogP contribution in [0.2, 0.25) is 0 Å². The molecule has 0 radical (unpaired) electrons. The van der Waals surface area contributed by atoms with Crippen molar-refractivity contribution in [2.75, 3.05) is 6.61 Å². The molecule has 1 saturated heterocycles. The molecule has 2 aromatic heterocycles. The number of ether oxygens (including phenoxy) is 1. The summed E-state index contributed by atoms with van der Waals surface area (Å²) in [7, 11) is 0. The minimum atomic E-state index is -0.347. The van der Waals surface area contributed by atoms with Crippen LogP contribution < -0.4 is 5.48 Å². The predicted molar refractivity (Wildman–Crippen MR) is 91.0 cm³/mol. The summed E-state index contributed by atoms with van der Waals surface area (Å²) in [5.74, 6) is 1.18. The van der Waals surface area contributed by atoms with Gasteiger partial charge in [0, 0.05) is 24.3 Å². The lowest BCUT2D eigenvalue weighted by atomic mass is 10.1. The zero-order valence-corrected chi connectivity index (χ0v) is 14.7. The first kappa shape index (κ1) is 15.9. The number of rotatable bonds is 4. The molecular weight excluding hydrogens is 326 g/mol. The molecule has 6 nitrogen and oxygen atoms in total. The Hall–Kier alpha value is -1.57. The number of hydroxylamine groups is 1. The summed E-state index contributed by atoms with van der Waals surface area (Å²) < 4.78 is 5.47. The number of aryl methyl sites for hydroxylation is 2. The third-order valence-corrected chi connectivity index (χ3v) is 5.74. The quantitative estimate of drug-likeness (QED) is 0.859. The van der Waals surface area contributed by atoms with Gasteiger partial charge in [-0.15, -0.1) is 11.3 Å². The summed E-state index contributed by atoms with van der Waals surface area (Å²) in [5, 5.41) is 0.989. The number of hydrogen-bond acceptors (Lipinski definition) is 6. The van der Waals surface area contributed by atoms with Crippen LogP contribution in [0.25, 0.3) is 10.2 Å². The first-order valence-corrected chi connectivity index (χ1v) is 9.30. The summed E-state index contributed by atoms with van der Waals surface area (Å²) in [6.45, 7) is 4.61. The van der Waals surface area contributed by atoms with Crippen molar-refractivity contribution in [1.29, 1.82) is 0 Å². The number of hydrogen-bond donors (Lipinski definition) is 1. The molecular formula is C17H21N3O3S. The molecule has 0 spiro atoms. The van der Waals surface area contributed by atoms with Crippen molar-refractivity contribution in [2.24, 2.45) is 0 Å². The first-order valence-electron chi connectivity index (χ1n) is 8.48. The molecule has 1 saturated carbocycles. The van der Waals surface area contributed by atoms with Crippen LogP contribution in [0.1, 0.15) is 64.8 Å². The maximum absolute atomic E-state index is 12.5. The molecule has 2 fully saturated rings. The fourth-order valence-corrected chi connectivity index (χ4v) is 4.20. The zero-order chi connectivity index (χ0) is 16.7. The second-order valence-corrected chi connectivity index (χ2v) is 7.52. The first-order chi connectivity index (χ1) is 11.6. The Balaban J connectivity index is 1.55. The molecule has 1 amide bonds. The Labute approximate surface area is 144 Å². The Morgan fingerprint density at radius 3 is 2.79 bits per heavy atom. The van der Waals surface area contributed by atoms with E-state index >= 15 is 0 Å². The number of nitrogens with one attached hydrogen (secondary N) is 1. The highest BCUT2D eigenvalue weighted by Crippen LogP contribution is 2.40. The van der Waals surface area contributed by atoms with Crippen LogP contribution in [0.4, 0.5) is 0 Å². The number of thiophene rings is 1. The van der Waals surface area contributed by atoms with E-state index in [1.54, 1.807) is 0 Å². The smallest absolute Gasteiger partial charge is 0.285 e. The molecule has 3 heterocycles. The highest BCUT2D eigenvalue weighted by Gasteiger charge is 2.28. The van der Waals surface area contributed by atoms with Crippen LogP contribution in [0.3, 0.4) is 0 Å². The number of aromatic nitrogens is 2. The van der Waals surface area contributed by atoms with Crippen molar-refractivity contribution in [3.05, 3.63) is 22.0 Å². The molecule has 24 heavy (non-hydrogen) atoms. The maximum atomic E-state index is 12.5. The number of fused-ring (bicyclic) bond motifs is 1. The molecule has 0 unspecified atom stereocenters. The maximum Gasteiger partial charge on any atom is 0.285 e. The van der Waals surface area contributed by atoms with Crippen molar-refractivity contribution in [2.45, 2.75) is 58.2 Å². The number of amides is 1. The van der Waals surface area contributed by atoms with E-state index in [1.165, 1.54) is 11.3 Å². The van der Waals surface area contributed by atoms with Gasteiger partial charge < -0.3 is 4.74 Å². The van der Waals surface area contributed by atoms with Gasteiger partial charge in [0.05, 0.1) is 10.6 Å². The summed E-state index contributed by atoms with van der Waals surface area (Å²) in [5.41, 5.74) is 4.41. The van der Waals surface area contributed by atoms with E-state index in [2.05, 4.69) is 15.4 Å². The van der Waals surface area contributed by atoms with E-state index in [0.717, 1.165) is 59.4 Å². The largest absolute Gasteiger partial charge is 0.350 e. The van der Waals surface area contributed by atoms with Crippen LogP contribution in [0, 0.1) is 13.8 Å². The molecule has 1 N–H and O–H groups in total. The van der Waals surface area contributed by atoms with Crippen molar-refractivity contribution in [1.82, 2.24) is 15.4 Å². The van der Waals surface area contributed by atoms with Crippen LogP contribution in [0.15, 0.2) is 0 Å². The summed E-state index contributed by atoms with van der Waals surface area (Å²) in [4.78, 5) is 28.7. The van der Waals surface area contributed by atoms with Gasteiger partial charge in [-0.3, -0.25) is 4.79 Å². The monoisotopic (exact) mass is 347 g/mol. The highest BCUT2D eigenvalue weighted by molar-refractivity contribution is 7.20. The van der Waals surface area contributed by atoms with E-state index in [1.807, 2.05) is 13.8 Å². The van der Waals surface area contributed by atoms with Crippen LogP contribution in [-0.2, 0) is 9.57 Å². The van der Waals surface area contributed by atoms with Crippen LogP contribution in [-0.4, -0.2) is 28.8 Å². The molecule has 1 aliphatic heterocycles. The average Bonchev–Trinajstić information content (AvgIpc) is 3.38. The standard InChI is InChI=1S/C17H21N3O3S/c1-9-13-10(2)18-15(11-6-7-11)19-17(13)24-14(9)16(21)20-23-12-5-3-4-8-22-12/h11-12H,3-8H2,1-2H3,(H,20,21)/t12-/m1/s1. The third kappa shape index (κ3) is 3.03. The van der Waals surface area contributed by atoms with Gasteiger partial charge in [0.15, 0.2) is 6.29 Å². The number of carbonyl (C=O) groups is 1. The SMILES string of the molecule is Cc1nc(C2CC2)nc2sc(C(=O)NO[C@@H]3CCCCO3)c(C)c12. The van der Waals surface area contributed by atoms with Gasteiger partial charge >= 0.3 is 0 Å². The molecule has 2 aliphatic rings. The summed E-state index contributed by atoms with van der Waals surface area (Å²) in [6.07, 6.45) is 4.89. The van der Waals surface area contributed by atoms with Crippen LogP contribution in [0.5, 0.6) is 0 Å². The minimum absolute atomic E-state index is 0.239. The average molecular weight is 347 g/mol.